The van der Waals surface area contributed by atoms with Crippen LogP contribution in [0.3, 0.4) is 0 Å². The molecule has 0 saturated heterocycles. The second kappa shape index (κ2) is 5.97. The third-order valence-electron chi connectivity index (χ3n) is 2.40. The van der Waals surface area contributed by atoms with Crippen LogP contribution in [0.15, 0.2) is 22.7 Å². The Morgan fingerprint density at radius 3 is 2.50 bits per heavy atom. The minimum Gasteiger partial charge on any atom is -0.480 e. The Morgan fingerprint density at radius 2 is 2.00 bits per heavy atom. The molecule has 3 N–H and O–H groups in total. The summed E-state index contributed by atoms with van der Waals surface area (Å²) in [5, 5.41) is 20.5. The summed E-state index contributed by atoms with van der Waals surface area (Å²) in [6, 6.07) is 3.84. The maximum absolute atomic E-state index is 11.9. The maximum atomic E-state index is 11.9. The summed E-state index contributed by atoms with van der Waals surface area (Å²) < 4.78 is 0.570. The molecule has 1 aromatic rings. The highest BCUT2D eigenvalue weighted by Crippen LogP contribution is 2.18. The number of halogens is 1. The van der Waals surface area contributed by atoms with E-state index in [1.54, 1.807) is 12.1 Å². The molecule has 0 bridgehead atoms. The molecule has 0 radical (unpaired) electrons. The number of carboxylic acids is 1. The first kappa shape index (κ1) is 14.7. The molecule has 0 aromatic heterocycles. The minimum atomic E-state index is -1.33. The van der Waals surface area contributed by atoms with Crippen LogP contribution in [-0.4, -0.2) is 34.2 Å². The number of aliphatic carboxylic acids is 1. The Bertz CT molecular complexity index is 473. The van der Waals surface area contributed by atoms with Gasteiger partial charge in [0.15, 0.2) is 6.04 Å². The van der Waals surface area contributed by atoms with Crippen LogP contribution in [0, 0.1) is 6.92 Å². The van der Waals surface area contributed by atoms with Gasteiger partial charge in [-0.2, -0.15) is 0 Å². The van der Waals surface area contributed by atoms with E-state index in [0.717, 1.165) is 5.56 Å². The minimum absolute atomic E-state index is 0.335. The number of aliphatic hydroxyl groups excluding tert-OH is 1. The van der Waals surface area contributed by atoms with Gasteiger partial charge in [-0.15, -0.1) is 0 Å². The van der Waals surface area contributed by atoms with Crippen LogP contribution in [-0.2, 0) is 4.79 Å². The average Bonchev–Trinajstić information content (AvgIpc) is 2.28. The zero-order valence-electron chi connectivity index (χ0n) is 9.98. The highest BCUT2D eigenvalue weighted by Gasteiger charge is 2.26. The van der Waals surface area contributed by atoms with Crippen molar-refractivity contribution in [1.29, 1.82) is 0 Å². The summed E-state index contributed by atoms with van der Waals surface area (Å²) in [6.07, 6.45) is -1.17. The zero-order chi connectivity index (χ0) is 13.9. The summed E-state index contributed by atoms with van der Waals surface area (Å²) in [7, 11) is 0. The number of aliphatic hydroxyl groups is 1. The molecular formula is C12H14BrNO4. The topological polar surface area (TPSA) is 86.6 Å². The molecule has 0 aliphatic heterocycles. The van der Waals surface area contributed by atoms with Gasteiger partial charge in [-0.05, 0) is 41.9 Å². The molecule has 5 nitrogen and oxygen atoms in total. The van der Waals surface area contributed by atoms with Gasteiger partial charge in [0, 0.05) is 4.47 Å². The van der Waals surface area contributed by atoms with Crippen molar-refractivity contribution in [2.45, 2.75) is 26.0 Å². The first-order valence-corrected chi connectivity index (χ1v) is 6.10. The summed E-state index contributed by atoms with van der Waals surface area (Å²) >= 11 is 3.22. The van der Waals surface area contributed by atoms with E-state index < -0.39 is 24.0 Å². The molecule has 1 aromatic carbocycles. The molecule has 0 saturated carbocycles. The average molecular weight is 316 g/mol. The summed E-state index contributed by atoms with van der Waals surface area (Å²) in [5.41, 5.74) is 1.22. The fourth-order valence-electron chi connectivity index (χ4n) is 1.42. The van der Waals surface area contributed by atoms with Crippen molar-refractivity contribution in [1.82, 2.24) is 5.32 Å². The Kier molecular flexibility index (Phi) is 4.86. The normalized spacial score (nSPS) is 13.8. The number of nitrogens with one attached hydrogen (secondary N) is 1. The van der Waals surface area contributed by atoms with Crippen LogP contribution in [0.2, 0.25) is 0 Å². The third-order valence-corrected chi connectivity index (χ3v) is 3.09. The molecule has 0 unspecified atom stereocenters. The smallest absolute Gasteiger partial charge is 0.328 e. The Hall–Kier alpha value is -1.40. The van der Waals surface area contributed by atoms with Crippen molar-refractivity contribution in [3.05, 3.63) is 33.8 Å². The Labute approximate surface area is 113 Å². The van der Waals surface area contributed by atoms with Crippen LogP contribution in [0.5, 0.6) is 0 Å². The molecule has 0 aliphatic rings. The lowest BCUT2D eigenvalue weighted by Gasteiger charge is -2.17. The van der Waals surface area contributed by atoms with E-state index in [2.05, 4.69) is 21.2 Å². The number of hydrogen-bond acceptors (Lipinski definition) is 3. The number of aryl methyl sites for hydroxylation is 1. The van der Waals surface area contributed by atoms with Crippen LogP contribution in [0.1, 0.15) is 22.8 Å². The van der Waals surface area contributed by atoms with E-state index in [-0.39, 0.29) is 0 Å². The van der Waals surface area contributed by atoms with Gasteiger partial charge < -0.3 is 15.5 Å². The number of carbonyl (C=O) groups is 2. The third kappa shape index (κ3) is 3.54. The van der Waals surface area contributed by atoms with Crippen molar-refractivity contribution in [2.24, 2.45) is 0 Å². The summed E-state index contributed by atoms with van der Waals surface area (Å²) in [4.78, 5) is 22.8. The van der Waals surface area contributed by atoms with Crippen molar-refractivity contribution in [3.63, 3.8) is 0 Å². The first-order valence-electron chi connectivity index (χ1n) is 5.31. The van der Waals surface area contributed by atoms with E-state index >= 15 is 0 Å². The van der Waals surface area contributed by atoms with Crippen LogP contribution < -0.4 is 5.32 Å². The molecule has 2 atom stereocenters. The highest BCUT2D eigenvalue weighted by atomic mass is 79.9. The molecule has 1 rings (SSSR count). The number of amides is 1. The Balaban J connectivity index is 2.94. The second-order valence-corrected chi connectivity index (χ2v) is 4.87. The molecule has 6 heteroatoms. The van der Waals surface area contributed by atoms with E-state index in [4.69, 9.17) is 5.11 Å². The van der Waals surface area contributed by atoms with Crippen LogP contribution >= 0.6 is 15.9 Å². The summed E-state index contributed by atoms with van der Waals surface area (Å²) in [6.45, 7) is 3.14. The molecule has 18 heavy (non-hydrogen) atoms. The van der Waals surface area contributed by atoms with Gasteiger partial charge in [-0.3, -0.25) is 4.79 Å². The fourth-order valence-corrected chi connectivity index (χ4v) is 1.85. The standard InChI is InChI=1S/C12H14BrNO4/c1-6-3-4-9(13)8(5-6)11(16)14-10(7(2)15)12(17)18/h3-5,7,10,15H,1-2H3,(H,14,16)(H,17,18)/t7-,10+/m1/s1. The summed E-state index contributed by atoms with van der Waals surface area (Å²) in [5.74, 6) is -1.82. The lowest BCUT2D eigenvalue weighted by atomic mass is 10.1. The van der Waals surface area contributed by atoms with Crippen molar-refractivity contribution in [3.8, 4) is 0 Å². The van der Waals surface area contributed by atoms with Gasteiger partial charge in [0.05, 0.1) is 11.7 Å². The molecule has 0 spiro atoms. The monoisotopic (exact) mass is 315 g/mol. The first-order chi connectivity index (χ1) is 8.32. The number of benzene rings is 1. The molecule has 98 valence electrons. The SMILES string of the molecule is Cc1ccc(Br)c(C(=O)N[C@H](C(=O)O)[C@@H](C)O)c1. The predicted octanol–water partition coefficient (Wildman–Crippen LogP) is 1.32. The number of carbonyl (C=O) groups excluding carboxylic acids is 1. The molecular weight excluding hydrogens is 302 g/mol. The largest absolute Gasteiger partial charge is 0.480 e. The molecule has 1 amide bonds. The maximum Gasteiger partial charge on any atom is 0.328 e. The van der Waals surface area contributed by atoms with Crippen molar-refractivity contribution >= 4 is 27.8 Å². The van der Waals surface area contributed by atoms with E-state index in [1.807, 2.05) is 13.0 Å². The predicted molar refractivity (Wildman–Crippen MR) is 69.4 cm³/mol. The molecule has 0 aliphatic carbocycles. The van der Waals surface area contributed by atoms with Gasteiger partial charge in [-0.25, -0.2) is 4.79 Å². The van der Waals surface area contributed by atoms with E-state index in [0.29, 0.717) is 10.0 Å². The van der Waals surface area contributed by atoms with Crippen LogP contribution in [0.25, 0.3) is 0 Å². The number of rotatable bonds is 4. The van der Waals surface area contributed by atoms with Crippen molar-refractivity contribution in [2.75, 3.05) is 0 Å². The van der Waals surface area contributed by atoms with Gasteiger partial charge in [0.2, 0.25) is 0 Å². The van der Waals surface area contributed by atoms with E-state index in [9.17, 15) is 14.7 Å². The van der Waals surface area contributed by atoms with E-state index in [1.165, 1.54) is 6.92 Å². The van der Waals surface area contributed by atoms with Gasteiger partial charge in [0.25, 0.3) is 5.91 Å². The fraction of sp³-hybridized carbons (Fsp3) is 0.333. The lowest BCUT2D eigenvalue weighted by molar-refractivity contribution is -0.141. The second-order valence-electron chi connectivity index (χ2n) is 4.01. The van der Waals surface area contributed by atoms with Gasteiger partial charge in [-0.1, -0.05) is 11.6 Å². The lowest BCUT2D eigenvalue weighted by Crippen LogP contribution is -2.47. The quantitative estimate of drug-likeness (QED) is 0.782. The highest BCUT2D eigenvalue weighted by molar-refractivity contribution is 9.10. The Morgan fingerprint density at radius 1 is 1.39 bits per heavy atom. The van der Waals surface area contributed by atoms with Gasteiger partial charge in [0.1, 0.15) is 0 Å². The zero-order valence-corrected chi connectivity index (χ0v) is 11.6. The van der Waals surface area contributed by atoms with Crippen molar-refractivity contribution < 1.29 is 19.8 Å². The van der Waals surface area contributed by atoms with Crippen LogP contribution in [0.4, 0.5) is 0 Å². The number of hydrogen-bond donors (Lipinski definition) is 3. The van der Waals surface area contributed by atoms with Gasteiger partial charge >= 0.3 is 5.97 Å². The number of carboxylic acid groups (broad SMARTS) is 1. The molecule has 0 heterocycles. The molecule has 0 fully saturated rings.